The highest BCUT2D eigenvalue weighted by Gasteiger charge is 2.35. The van der Waals surface area contributed by atoms with Gasteiger partial charge in [0.25, 0.3) is 0 Å². The molecule has 26 heavy (non-hydrogen) atoms. The van der Waals surface area contributed by atoms with E-state index in [-0.39, 0.29) is 24.2 Å². The van der Waals surface area contributed by atoms with Gasteiger partial charge in [0, 0.05) is 30.4 Å². The van der Waals surface area contributed by atoms with E-state index in [1.54, 1.807) is 12.0 Å². The molecule has 1 heterocycles. The summed E-state index contributed by atoms with van der Waals surface area (Å²) in [5.74, 6) is 0.181. The van der Waals surface area contributed by atoms with Gasteiger partial charge in [-0.3, -0.25) is 9.59 Å². The number of nitrogens with one attached hydrogen (secondary N) is 1. The standard InChI is InChI=1S/C21H24N2O3/c1-4-15-8-5-7-14(2)20(15)22-21(25)16-11-19(24)23(13-16)17-9-6-10-18(12-17)26-3/h5-10,12,16H,4,11,13H2,1-3H3,(H,22,25). The molecule has 1 unspecified atom stereocenters. The van der Waals surface area contributed by atoms with Crippen LogP contribution in [0.1, 0.15) is 24.5 Å². The molecule has 1 aliphatic rings. The highest BCUT2D eigenvalue weighted by atomic mass is 16.5. The van der Waals surface area contributed by atoms with Gasteiger partial charge in [0.05, 0.1) is 13.0 Å². The fraction of sp³-hybridized carbons (Fsp3) is 0.333. The molecule has 1 aliphatic heterocycles. The predicted molar refractivity (Wildman–Crippen MR) is 103 cm³/mol. The van der Waals surface area contributed by atoms with Crippen molar-refractivity contribution < 1.29 is 14.3 Å². The molecular formula is C21H24N2O3. The van der Waals surface area contributed by atoms with Crippen LogP contribution in [0.25, 0.3) is 0 Å². The Labute approximate surface area is 154 Å². The molecule has 0 bridgehead atoms. The number of benzene rings is 2. The van der Waals surface area contributed by atoms with Crippen molar-refractivity contribution in [1.82, 2.24) is 0 Å². The van der Waals surface area contributed by atoms with Gasteiger partial charge >= 0.3 is 0 Å². The molecule has 5 heteroatoms. The number of para-hydroxylation sites is 1. The normalized spacial score (nSPS) is 16.7. The lowest BCUT2D eigenvalue weighted by atomic mass is 10.0. The number of carbonyl (C=O) groups excluding carboxylic acids is 2. The van der Waals surface area contributed by atoms with Gasteiger partial charge in [-0.25, -0.2) is 0 Å². The minimum absolute atomic E-state index is 0.0427. The fourth-order valence-corrected chi connectivity index (χ4v) is 3.34. The lowest BCUT2D eigenvalue weighted by Crippen LogP contribution is -2.28. The Morgan fingerprint density at radius 3 is 2.77 bits per heavy atom. The second kappa shape index (κ2) is 7.60. The molecule has 0 aromatic heterocycles. The summed E-state index contributed by atoms with van der Waals surface area (Å²) < 4.78 is 5.22. The zero-order valence-corrected chi connectivity index (χ0v) is 15.4. The van der Waals surface area contributed by atoms with E-state index in [2.05, 4.69) is 12.2 Å². The van der Waals surface area contributed by atoms with Crippen molar-refractivity contribution in [3.63, 3.8) is 0 Å². The molecule has 1 atom stereocenters. The molecule has 2 amide bonds. The number of methoxy groups -OCH3 is 1. The van der Waals surface area contributed by atoms with Gasteiger partial charge in [0.15, 0.2) is 0 Å². The summed E-state index contributed by atoms with van der Waals surface area (Å²) in [4.78, 5) is 26.9. The summed E-state index contributed by atoms with van der Waals surface area (Å²) >= 11 is 0. The number of ether oxygens (including phenoxy) is 1. The lowest BCUT2D eigenvalue weighted by molar-refractivity contribution is -0.122. The van der Waals surface area contributed by atoms with Crippen molar-refractivity contribution in [1.29, 1.82) is 0 Å². The van der Waals surface area contributed by atoms with Crippen LogP contribution < -0.4 is 15.0 Å². The van der Waals surface area contributed by atoms with Gasteiger partial charge in [-0.2, -0.15) is 0 Å². The Kier molecular flexibility index (Phi) is 5.26. The summed E-state index contributed by atoms with van der Waals surface area (Å²) in [7, 11) is 1.59. The largest absolute Gasteiger partial charge is 0.497 e. The number of aryl methyl sites for hydroxylation is 2. The van der Waals surface area contributed by atoms with Crippen LogP contribution in [-0.4, -0.2) is 25.5 Å². The molecule has 5 nitrogen and oxygen atoms in total. The molecular weight excluding hydrogens is 328 g/mol. The van der Waals surface area contributed by atoms with Gasteiger partial charge in [-0.1, -0.05) is 31.2 Å². The van der Waals surface area contributed by atoms with Crippen LogP contribution in [0.4, 0.5) is 11.4 Å². The van der Waals surface area contributed by atoms with Crippen molar-refractivity contribution in [3.05, 3.63) is 53.6 Å². The third kappa shape index (κ3) is 3.57. The highest BCUT2D eigenvalue weighted by molar-refractivity contribution is 6.04. The summed E-state index contributed by atoms with van der Waals surface area (Å²) in [5, 5.41) is 3.04. The van der Waals surface area contributed by atoms with E-state index in [9.17, 15) is 9.59 Å². The lowest BCUT2D eigenvalue weighted by Gasteiger charge is -2.18. The van der Waals surface area contributed by atoms with Crippen LogP contribution >= 0.6 is 0 Å². The van der Waals surface area contributed by atoms with Crippen molar-refractivity contribution in [2.75, 3.05) is 23.9 Å². The number of hydrogen-bond donors (Lipinski definition) is 1. The quantitative estimate of drug-likeness (QED) is 0.895. The van der Waals surface area contributed by atoms with Crippen LogP contribution in [-0.2, 0) is 16.0 Å². The minimum Gasteiger partial charge on any atom is -0.497 e. The average Bonchev–Trinajstić information content (AvgIpc) is 3.05. The molecule has 1 fully saturated rings. The average molecular weight is 352 g/mol. The third-order valence-electron chi connectivity index (χ3n) is 4.85. The number of hydrogen-bond acceptors (Lipinski definition) is 3. The van der Waals surface area contributed by atoms with Gasteiger partial charge in [-0.05, 0) is 36.6 Å². The topological polar surface area (TPSA) is 58.6 Å². The zero-order chi connectivity index (χ0) is 18.7. The smallest absolute Gasteiger partial charge is 0.229 e. The first-order valence-electron chi connectivity index (χ1n) is 8.87. The van der Waals surface area contributed by atoms with E-state index in [4.69, 9.17) is 4.74 Å². The van der Waals surface area contributed by atoms with Crippen LogP contribution in [0.3, 0.4) is 0 Å². The van der Waals surface area contributed by atoms with Crippen molar-refractivity contribution >= 4 is 23.2 Å². The maximum Gasteiger partial charge on any atom is 0.229 e. The van der Waals surface area contributed by atoms with E-state index in [1.807, 2.05) is 49.4 Å². The molecule has 0 saturated carbocycles. The SMILES string of the molecule is CCc1cccc(C)c1NC(=O)C1CC(=O)N(c2cccc(OC)c2)C1. The second-order valence-corrected chi connectivity index (χ2v) is 6.56. The molecule has 1 N–H and O–H groups in total. The van der Waals surface area contributed by atoms with Gasteiger partial charge < -0.3 is 15.0 Å². The fourth-order valence-electron chi connectivity index (χ4n) is 3.34. The Morgan fingerprint density at radius 1 is 1.27 bits per heavy atom. The first-order valence-corrected chi connectivity index (χ1v) is 8.87. The highest BCUT2D eigenvalue weighted by Crippen LogP contribution is 2.29. The van der Waals surface area contributed by atoms with E-state index < -0.39 is 0 Å². The number of nitrogens with zero attached hydrogens (tertiary/aromatic N) is 1. The molecule has 0 aliphatic carbocycles. The molecule has 1 saturated heterocycles. The predicted octanol–water partition coefficient (Wildman–Crippen LogP) is 3.56. The van der Waals surface area contributed by atoms with Gasteiger partial charge in [0.2, 0.25) is 11.8 Å². The Balaban J connectivity index is 1.75. The number of anilines is 2. The zero-order valence-electron chi connectivity index (χ0n) is 15.4. The summed E-state index contributed by atoms with van der Waals surface area (Å²) in [5.41, 5.74) is 3.76. The number of rotatable bonds is 5. The molecule has 136 valence electrons. The summed E-state index contributed by atoms with van der Waals surface area (Å²) in [6.45, 7) is 4.43. The number of carbonyl (C=O) groups is 2. The van der Waals surface area contributed by atoms with E-state index in [0.717, 1.165) is 28.9 Å². The first kappa shape index (κ1) is 18.0. The monoisotopic (exact) mass is 352 g/mol. The second-order valence-electron chi connectivity index (χ2n) is 6.56. The van der Waals surface area contributed by atoms with Gasteiger partial charge in [0.1, 0.15) is 5.75 Å². The van der Waals surface area contributed by atoms with E-state index in [0.29, 0.717) is 12.3 Å². The van der Waals surface area contributed by atoms with Crippen LogP contribution in [0.2, 0.25) is 0 Å². The molecule has 2 aromatic carbocycles. The van der Waals surface area contributed by atoms with Crippen molar-refractivity contribution in [2.45, 2.75) is 26.7 Å². The Bertz CT molecular complexity index is 832. The molecule has 3 rings (SSSR count). The van der Waals surface area contributed by atoms with E-state index in [1.165, 1.54) is 0 Å². The van der Waals surface area contributed by atoms with E-state index >= 15 is 0 Å². The van der Waals surface area contributed by atoms with Crippen LogP contribution in [0.15, 0.2) is 42.5 Å². The number of amides is 2. The molecule has 0 spiro atoms. The van der Waals surface area contributed by atoms with Crippen LogP contribution in [0, 0.1) is 12.8 Å². The minimum atomic E-state index is -0.363. The Morgan fingerprint density at radius 2 is 2.04 bits per heavy atom. The summed E-state index contributed by atoms with van der Waals surface area (Å²) in [6.07, 6.45) is 1.06. The molecule has 0 radical (unpaired) electrons. The van der Waals surface area contributed by atoms with Gasteiger partial charge in [-0.15, -0.1) is 0 Å². The molecule has 2 aromatic rings. The maximum absolute atomic E-state index is 12.8. The van der Waals surface area contributed by atoms with Crippen molar-refractivity contribution in [2.24, 2.45) is 5.92 Å². The summed E-state index contributed by atoms with van der Waals surface area (Å²) in [6, 6.07) is 13.3. The Hall–Kier alpha value is -2.82. The van der Waals surface area contributed by atoms with Crippen molar-refractivity contribution in [3.8, 4) is 5.75 Å². The van der Waals surface area contributed by atoms with Crippen LogP contribution in [0.5, 0.6) is 5.75 Å². The maximum atomic E-state index is 12.8. The third-order valence-corrected chi connectivity index (χ3v) is 4.85. The first-order chi connectivity index (χ1) is 12.5.